The summed E-state index contributed by atoms with van der Waals surface area (Å²) in [6.45, 7) is 3.74. The van der Waals surface area contributed by atoms with Gasteiger partial charge >= 0.3 is 5.97 Å². The first-order valence-electron chi connectivity index (χ1n) is 11.4. The number of esters is 1. The molecular formula is C24H42O3. The van der Waals surface area contributed by atoms with Crippen LogP contribution in [0.3, 0.4) is 0 Å². The van der Waals surface area contributed by atoms with Crippen molar-refractivity contribution in [3.8, 4) is 0 Å². The Hall–Kier alpha value is -1.09. The van der Waals surface area contributed by atoms with E-state index in [2.05, 4.69) is 31.2 Å². The Morgan fingerprint density at radius 1 is 0.889 bits per heavy atom. The molecule has 27 heavy (non-hydrogen) atoms. The predicted molar refractivity (Wildman–Crippen MR) is 114 cm³/mol. The van der Waals surface area contributed by atoms with Crippen LogP contribution in [0.15, 0.2) is 24.3 Å². The fraction of sp³-hybridized carbons (Fsp3) is 0.792. The van der Waals surface area contributed by atoms with Gasteiger partial charge in [-0.3, -0.25) is 4.79 Å². The van der Waals surface area contributed by atoms with Crippen LogP contribution >= 0.6 is 0 Å². The Morgan fingerprint density at radius 3 is 2.26 bits per heavy atom. The summed E-state index contributed by atoms with van der Waals surface area (Å²) in [6, 6.07) is 0. The summed E-state index contributed by atoms with van der Waals surface area (Å²) in [4.78, 5) is 11.6. The summed E-state index contributed by atoms with van der Waals surface area (Å²) in [5.41, 5.74) is 0. The Balaban J connectivity index is 1.74. The molecule has 0 spiro atoms. The van der Waals surface area contributed by atoms with Crippen molar-refractivity contribution in [3.05, 3.63) is 24.3 Å². The molecule has 0 bridgehead atoms. The second-order valence-electron chi connectivity index (χ2n) is 7.65. The van der Waals surface area contributed by atoms with Gasteiger partial charge in [0, 0.05) is 6.42 Å². The summed E-state index contributed by atoms with van der Waals surface area (Å²) >= 11 is 0. The Bertz CT molecular complexity index is 396. The molecule has 0 aliphatic carbocycles. The molecule has 1 rings (SSSR count). The lowest BCUT2D eigenvalue weighted by Gasteiger charge is -2.04. The second kappa shape index (κ2) is 18.3. The first-order chi connectivity index (χ1) is 13.3. The number of allylic oxidation sites excluding steroid dienone is 4. The third-order valence-electron chi connectivity index (χ3n) is 4.92. The van der Waals surface area contributed by atoms with Gasteiger partial charge < -0.3 is 9.47 Å². The molecule has 1 unspecified atom stereocenters. The predicted octanol–water partition coefficient (Wildman–Crippen LogP) is 6.91. The highest BCUT2D eigenvalue weighted by Crippen LogP contribution is 2.16. The largest absolute Gasteiger partial charge is 0.466 e. The lowest BCUT2D eigenvalue weighted by Crippen LogP contribution is -2.05. The Morgan fingerprint density at radius 2 is 1.56 bits per heavy atom. The molecule has 0 radical (unpaired) electrons. The molecule has 1 heterocycles. The average molecular weight is 379 g/mol. The molecule has 1 fully saturated rings. The Labute approximate surface area is 167 Å². The van der Waals surface area contributed by atoms with Crippen LogP contribution in [0.2, 0.25) is 0 Å². The SMILES string of the molecule is CCCCC/C=C\C/C=C\CCCCCCCC(=O)OCCCCC1CO1. The van der Waals surface area contributed by atoms with Crippen LogP contribution in [-0.2, 0) is 14.3 Å². The minimum absolute atomic E-state index is 0.0247. The monoisotopic (exact) mass is 378 g/mol. The van der Waals surface area contributed by atoms with Gasteiger partial charge in [-0.1, -0.05) is 63.3 Å². The number of hydrogen-bond donors (Lipinski definition) is 0. The van der Waals surface area contributed by atoms with Crippen LogP contribution in [0.4, 0.5) is 0 Å². The van der Waals surface area contributed by atoms with Crippen LogP contribution in [-0.4, -0.2) is 25.3 Å². The van der Waals surface area contributed by atoms with Crippen molar-refractivity contribution in [2.45, 2.75) is 109 Å². The number of unbranched alkanes of at least 4 members (excludes halogenated alkanes) is 9. The van der Waals surface area contributed by atoms with Gasteiger partial charge in [0.25, 0.3) is 0 Å². The molecule has 156 valence electrons. The van der Waals surface area contributed by atoms with Crippen molar-refractivity contribution in [2.24, 2.45) is 0 Å². The molecule has 1 atom stereocenters. The van der Waals surface area contributed by atoms with E-state index in [9.17, 15) is 4.79 Å². The standard InChI is InChI=1S/C24H42O3/c1-2-3-4-5-6-7-8-9-10-11-12-13-14-15-16-20-24(25)26-21-18-17-19-23-22-27-23/h6-7,9-10,23H,2-5,8,11-22H2,1H3/b7-6-,10-9-. The van der Waals surface area contributed by atoms with E-state index >= 15 is 0 Å². The van der Waals surface area contributed by atoms with E-state index in [1.54, 1.807) is 0 Å². The van der Waals surface area contributed by atoms with Crippen LogP contribution in [0.25, 0.3) is 0 Å². The van der Waals surface area contributed by atoms with E-state index in [0.29, 0.717) is 19.1 Å². The topological polar surface area (TPSA) is 38.8 Å². The molecule has 1 aliphatic rings. The molecular weight excluding hydrogens is 336 g/mol. The maximum absolute atomic E-state index is 11.6. The van der Waals surface area contributed by atoms with E-state index in [4.69, 9.17) is 9.47 Å². The van der Waals surface area contributed by atoms with Gasteiger partial charge in [-0.25, -0.2) is 0 Å². The summed E-state index contributed by atoms with van der Waals surface area (Å²) in [6.07, 6.45) is 26.7. The molecule has 0 aromatic carbocycles. The van der Waals surface area contributed by atoms with Gasteiger partial charge in [-0.2, -0.15) is 0 Å². The smallest absolute Gasteiger partial charge is 0.305 e. The van der Waals surface area contributed by atoms with Gasteiger partial charge in [0.05, 0.1) is 19.3 Å². The summed E-state index contributed by atoms with van der Waals surface area (Å²) in [5, 5.41) is 0. The average Bonchev–Trinajstić information content (AvgIpc) is 3.49. The minimum Gasteiger partial charge on any atom is -0.466 e. The van der Waals surface area contributed by atoms with Crippen LogP contribution in [0.1, 0.15) is 103 Å². The van der Waals surface area contributed by atoms with Crippen molar-refractivity contribution < 1.29 is 14.3 Å². The Kier molecular flexibility index (Phi) is 16.2. The van der Waals surface area contributed by atoms with Gasteiger partial charge in [-0.05, 0) is 57.8 Å². The zero-order valence-corrected chi connectivity index (χ0v) is 17.6. The highest BCUT2D eigenvalue weighted by atomic mass is 16.6. The van der Waals surface area contributed by atoms with E-state index < -0.39 is 0 Å². The number of carbonyl (C=O) groups excluding carboxylic acids is 1. The van der Waals surface area contributed by atoms with Crippen molar-refractivity contribution in [3.63, 3.8) is 0 Å². The van der Waals surface area contributed by atoms with Gasteiger partial charge in [0.2, 0.25) is 0 Å². The molecule has 3 nitrogen and oxygen atoms in total. The van der Waals surface area contributed by atoms with E-state index in [1.807, 2.05) is 0 Å². The van der Waals surface area contributed by atoms with Crippen LogP contribution < -0.4 is 0 Å². The third-order valence-corrected chi connectivity index (χ3v) is 4.92. The third kappa shape index (κ3) is 18.1. The first kappa shape index (κ1) is 23.9. The number of rotatable bonds is 19. The summed E-state index contributed by atoms with van der Waals surface area (Å²) in [7, 11) is 0. The van der Waals surface area contributed by atoms with Crippen molar-refractivity contribution in [1.82, 2.24) is 0 Å². The fourth-order valence-electron chi connectivity index (χ4n) is 3.05. The highest BCUT2D eigenvalue weighted by Gasteiger charge is 2.21. The molecule has 1 saturated heterocycles. The van der Waals surface area contributed by atoms with Gasteiger partial charge in [-0.15, -0.1) is 0 Å². The quantitative estimate of drug-likeness (QED) is 0.106. The maximum atomic E-state index is 11.6. The number of hydrogen-bond acceptors (Lipinski definition) is 3. The van der Waals surface area contributed by atoms with Crippen molar-refractivity contribution >= 4 is 5.97 Å². The fourth-order valence-corrected chi connectivity index (χ4v) is 3.05. The van der Waals surface area contributed by atoms with Crippen molar-refractivity contribution in [1.29, 1.82) is 0 Å². The zero-order valence-electron chi connectivity index (χ0n) is 17.6. The lowest BCUT2D eigenvalue weighted by molar-refractivity contribution is -0.143. The zero-order chi connectivity index (χ0) is 19.4. The molecule has 0 saturated carbocycles. The first-order valence-corrected chi connectivity index (χ1v) is 11.4. The second-order valence-corrected chi connectivity index (χ2v) is 7.65. The highest BCUT2D eigenvalue weighted by molar-refractivity contribution is 5.69. The lowest BCUT2D eigenvalue weighted by atomic mass is 10.1. The minimum atomic E-state index is -0.0247. The van der Waals surface area contributed by atoms with E-state index in [0.717, 1.165) is 45.1 Å². The van der Waals surface area contributed by atoms with E-state index in [-0.39, 0.29) is 5.97 Å². The summed E-state index contributed by atoms with van der Waals surface area (Å²) in [5.74, 6) is -0.0247. The van der Waals surface area contributed by atoms with Crippen LogP contribution in [0.5, 0.6) is 0 Å². The molecule has 0 amide bonds. The number of epoxide rings is 1. The van der Waals surface area contributed by atoms with Crippen molar-refractivity contribution in [2.75, 3.05) is 13.2 Å². The van der Waals surface area contributed by atoms with Gasteiger partial charge in [0.1, 0.15) is 0 Å². The normalized spacial score (nSPS) is 16.4. The number of carbonyl (C=O) groups is 1. The molecule has 0 aromatic rings. The summed E-state index contributed by atoms with van der Waals surface area (Å²) < 4.78 is 10.4. The van der Waals surface area contributed by atoms with Crippen LogP contribution in [0, 0.1) is 0 Å². The molecule has 0 aromatic heterocycles. The van der Waals surface area contributed by atoms with Gasteiger partial charge in [0.15, 0.2) is 0 Å². The molecule has 0 N–H and O–H groups in total. The molecule has 1 aliphatic heterocycles. The maximum Gasteiger partial charge on any atom is 0.305 e. The molecule has 3 heteroatoms. The number of ether oxygens (including phenoxy) is 2. The van der Waals surface area contributed by atoms with E-state index in [1.165, 1.54) is 51.4 Å².